The molecule has 1 aromatic rings. The van der Waals surface area contributed by atoms with Gasteiger partial charge in [0.05, 0.1) is 11.0 Å². The maximum atomic E-state index is 12.0. The number of hydrogen-bond acceptors (Lipinski definition) is 4. The average molecular weight is 312 g/mol. The van der Waals surface area contributed by atoms with Gasteiger partial charge in [0.2, 0.25) is 10.0 Å². The van der Waals surface area contributed by atoms with Gasteiger partial charge in [-0.1, -0.05) is 6.92 Å². The van der Waals surface area contributed by atoms with E-state index in [9.17, 15) is 13.5 Å². The second kappa shape index (κ2) is 6.77. The fourth-order valence-electron chi connectivity index (χ4n) is 2.54. The summed E-state index contributed by atoms with van der Waals surface area (Å²) in [5.41, 5.74) is 0.992. The van der Waals surface area contributed by atoms with Crippen molar-refractivity contribution in [1.29, 1.82) is 0 Å². The highest BCUT2D eigenvalue weighted by atomic mass is 32.2. The number of aliphatic hydroxyl groups is 1. The van der Waals surface area contributed by atoms with Gasteiger partial charge < -0.3 is 10.0 Å². The van der Waals surface area contributed by atoms with Crippen LogP contribution >= 0.6 is 0 Å². The highest BCUT2D eigenvalue weighted by Crippen LogP contribution is 2.29. The number of anilines is 1. The third-order valence-electron chi connectivity index (χ3n) is 3.87. The molecule has 1 saturated carbocycles. The summed E-state index contributed by atoms with van der Waals surface area (Å²) in [6.45, 7) is 3.27. The minimum Gasteiger partial charge on any atom is -0.393 e. The molecule has 2 N–H and O–H groups in total. The number of benzene rings is 1. The van der Waals surface area contributed by atoms with Gasteiger partial charge >= 0.3 is 0 Å². The molecule has 0 bridgehead atoms. The molecule has 0 atom stereocenters. The molecule has 1 fully saturated rings. The number of nitrogens with zero attached hydrogens (tertiary/aromatic N) is 1. The first-order chi connectivity index (χ1) is 9.92. The number of nitrogens with one attached hydrogen (secondary N) is 1. The van der Waals surface area contributed by atoms with Gasteiger partial charge in [-0.2, -0.15) is 0 Å². The van der Waals surface area contributed by atoms with Crippen LogP contribution in [0.4, 0.5) is 5.69 Å². The third kappa shape index (κ3) is 4.18. The lowest BCUT2D eigenvalue weighted by Gasteiger charge is -2.35. The zero-order chi connectivity index (χ0) is 15.5. The monoisotopic (exact) mass is 312 g/mol. The number of hydrogen-bond donors (Lipinski definition) is 2. The molecule has 0 amide bonds. The van der Waals surface area contributed by atoms with Gasteiger partial charge in [-0.15, -0.1) is 0 Å². The molecule has 0 heterocycles. The van der Waals surface area contributed by atoms with Gasteiger partial charge in [0.25, 0.3) is 0 Å². The SMILES string of the molecule is CCCNS(=O)(=O)c1ccc(N(C)CC2CC(O)C2)cc1. The number of sulfonamides is 1. The molecule has 0 unspecified atom stereocenters. The normalized spacial score (nSPS) is 21.9. The minimum atomic E-state index is -3.39. The lowest BCUT2D eigenvalue weighted by atomic mass is 9.82. The zero-order valence-electron chi connectivity index (χ0n) is 12.6. The van der Waals surface area contributed by atoms with Gasteiger partial charge in [0.1, 0.15) is 0 Å². The van der Waals surface area contributed by atoms with Crippen molar-refractivity contribution < 1.29 is 13.5 Å². The van der Waals surface area contributed by atoms with Crippen molar-refractivity contribution in [2.75, 3.05) is 25.0 Å². The summed E-state index contributed by atoms with van der Waals surface area (Å²) in [6, 6.07) is 6.93. The van der Waals surface area contributed by atoms with Gasteiger partial charge in [-0.3, -0.25) is 0 Å². The van der Waals surface area contributed by atoms with Crippen LogP contribution in [0.5, 0.6) is 0 Å². The smallest absolute Gasteiger partial charge is 0.240 e. The van der Waals surface area contributed by atoms with Crippen LogP contribution in [0.2, 0.25) is 0 Å². The Hall–Kier alpha value is -1.11. The molecule has 0 radical (unpaired) electrons. The Balaban J connectivity index is 1.98. The van der Waals surface area contributed by atoms with Crippen LogP contribution in [0.15, 0.2) is 29.2 Å². The van der Waals surface area contributed by atoms with Crippen molar-refractivity contribution in [3.8, 4) is 0 Å². The lowest BCUT2D eigenvalue weighted by Crippen LogP contribution is -2.37. The van der Waals surface area contributed by atoms with Crippen LogP contribution in [0.25, 0.3) is 0 Å². The molecule has 0 saturated heterocycles. The van der Waals surface area contributed by atoms with Crippen molar-refractivity contribution in [3.05, 3.63) is 24.3 Å². The standard InChI is InChI=1S/C15H24N2O3S/c1-3-8-16-21(19,20)15-6-4-13(5-7-15)17(2)11-12-9-14(18)10-12/h4-7,12,14,16,18H,3,8-11H2,1-2H3. The van der Waals surface area contributed by atoms with Gasteiger partial charge in [0, 0.05) is 25.8 Å². The van der Waals surface area contributed by atoms with Crippen LogP contribution in [0.3, 0.4) is 0 Å². The molecule has 1 aromatic carbocycles. The van der Waals surface area contributed by atoms with Gasteiger partial charge in [-0.05, 0) is 49.4 Å². The molecule has 6 heteroatoms. The minimum absolute atomic E-state index is 0.138. The first-order valence-electron chi connectivity index (χ1n) is 7.41. The Morgan fingerprint density at radius 1 is 1.29 bits per heavy atom. The second-order valence-electron chi connectivity index (χ2n) is 5.76. The van der Waals surface area contributed by atoms with Crippen LogP contribution in [-0.4, -0.2) is 39.8 Å². The average Bonchev–Trinajstić information content (AvgIpc) is 2.43. The molecule has 1 aliphatic rings. The molecule has 0 aliphatic heterocycles. The Morgan fingerprint density at radius 3 is 2.43 bits per heavy atom. The molecular formula is C15H24N2O3S. The van der Waals surface area contributed by atoms with Crippen molar-refractivity contribution in [2.45, 2.75) is 37.2 Å². The maximum absolute atomic E-state index is 12.0. The van der Waals surface area contributed by atoms with E-state index in [0.717, 1.165) is 31.5 Å². The molecular weight excluding hydrogens is 288 g/mol. The molecule has 1 aliphatic carbocycles. The molecule has 0 spiro atoms. The molecule has 118 valence electrons. The van der Waals surface area contributed by atoms with E-state index >= 15 is 0 Å². The summed E-state index contributed by atoms with van der Waals surface area (Å²) in [4.78, 5) is 2.40. The predicted molar refractivity (Wildman–Crippen MR) is 83.9 cm³/mol. The van der Waals surface area contributed by atoms with E-state index < -0.39 is 10.0 Å². The Morgan fingerprint density at radius 2 is 1.90 bits per heavy atom. The van der Waals surface area contributed by atoms with E-state index in [1.807, 2.05) is 26.1 Å². The number of rotatable bonds is 7. The Kier molecular flexibility index (Phi) is 5.24. The Bertz CT molecular complexity index is 551. The highest BCUT2D eigenvalue weighted by molar-refractivity contribution is 7.89. The van der Waals surface area contributed by atoms with Gasteiger partial charge in [0.15, 0.2) is 0 Å². The summed E-state index contributed by atoms with van der Waals surface area (Å²) in [6.07, 6.45) is 2.35. The van der Waals surface area contributed by atoms with Crippen molar-refractivity contribution in [2.24, 2.45) is 5.92 Å². The molecule has 21 heavy (non-hydrogen) atoms. The summed E-state index contributed by atoms with van der Waals surface area (Å²) in [5, 5.41) is 9.31. The van der Waals surface area contributed by atoms with Crippen LogP contribution in [0, 0.1) is 5.92 Å². The Labute approximate surface area is 127 Å². The van der Waals surface area contributed by atoms with Crippen molar-refractivity contribution in [3.63, 3.8) is 0 Å². The van der Waals surface area contributed by atoms with E-state index in [0.29, 0.717) is 17.4 Å². The first-order valence-corrected chi connectivity index (χ1v) is 8.89. The lowest BCUT2D eigenvalue weighted by molar-refractivity contribution is 0.0465. The van der Waals surface area contributed by atoms with Crippen LogP contribution < -0.4 is 9.62 Å². The summed E-state index contributed by atoms with van der Waals surface area (Å²) in [5.74, 6) is 0.527. The van der Waals surface area contributed by atoms with Crippen LogP contribution in [-0.2, 0) is 10.0 Å². The summed E-state index contributed by atoms with van der Waals surface area (Å²) in [7, 11) is -1.40. The first kappa shape index (κ1) is 16.3. The van der Waals surface area contributed by atoms with Gasteiger partial charge in [-0.25, -0.2) is 13.1 Å². The molecule has 0 aromatic heterocycles. The highest BCUT2D eigenvalue weighted by Gasteiger charge is 2.28. The van der Waals surface area contributed by atoms with Crippen molar-refractivity contribution in [1.82, 2.24) is 4.72 Å². The summed E-state index contributed by atoms with van der Waals surface area (Å²) >= 11 is 0. The fraction of sp³-hybridized carbons (Fsp3) is 0.600. The quantitative estimate of drug-likeness (QED) is 0.802. The largest absolute Gasteiger partial charge is 0.393 e. The fourth-order valence-corrected chi connectivity index (χ4v) is 3.68. The summed E-state index contributed by atoms with van der Waals surface area (Å²) < 4.78 is 26.5. The van der Waals surface area contributed by atoms with Crippen LogP contribution in [0.1, 0.15) is 26.2 Å². The second-order valence-corrected chi connectivity index (χ2v) is 7.53. The third-order valence-corrected chi connectivity index (χ3v) is 5.35. The van der Waals surface area contributed by atoms with E-state index in [2.05, 4.69) is 9.62 Å². The van der Waals surface area contributed by atoms with E-state index in [-0.39, 0.29) is 6.10 Å². The maximum Gasteiger partial charge on any atom is 0.240 e. The van der Waals surface area contributed by atoms with Crippen molar-refractivity contribution >= 4 is 15.7 Å². The molecule has 5 nitrogen and oxygen atoms in total. The molecule has 2 rings (SSSR count). The predicted octanol–water partition coefficient (Wildman–Crippen LogP) is 1.58. The van der Waals surface area contributed by atoms with E-state index in [4.69, 9.17) is 0 Å². The van der Waals surface area contributed by atoms with E-state index in [1.165, 1.54) is 0 Å². The number of aliphatic hydroxyl groups excluding tert-OH is 1. The zero-order valence-corrected chi connectivity index (χ0v) is 13.4. The topological polar surface area (TPSA) is 69.6 Å². The van der Waals surface area contributed by atoms with E-state index in [1.54, 1.807) is 12.1 Å².